The highest BCUT2D eigenvalue weighted by atomic mass is 16.7. The molecule has 0 aromatic heterocycles. The third kappa shape index (κ3) is 15.3. The quantitative estimate of drug-likeness (QED) is 0.0737. The van der Waals surface area contributed by atoms with E-state index in [-0.39, 0.29) is 42.9 Å². The summed E-state index contributed by atoms with van der Waals surface area (Å²) in [5.41, 5.74) is -0.951. The molecular weight excluding hydrogens is 580 g/mol. The summed E-state index contributed by atoms with van der Waals surface area (Å²) >= 11 is 0. The largest absolute Gasteiger partial charge is 0.460 e. The van der Waals surface area contributed by atoms with E-state index >= 15 is 0 Å². The standard InChI is InChI=1S/C38H68N2O6/c1-8-9-10-11-12-13-14-15-16-17-18-19-20-23-27-36(2,3)35(43)40-30-24-21-22-25-31(30)45-32(41)26-28-39-34(42)33-37(4,5)29-44-38(6,7)46-33/h15-16,30-31,33H,8-14,17-29H2,1-7H3,(H,39,42)(H,40,43)/b16-15-/t30-,31-,33?/m0/s1. The van der Waals surface area contributed by atoms with E-state index in [1.54, 1.807) is 13.8 Å². The van der Waals surface area contributed by atoms with Crippen LogP contribution < -0.4 is 10.6 Å². The van der Waals surface area contributed by atoms with Crippen LogP contribution in [0.15, 0.2) is 12.2 Å². The molecular formula is C38H68N2O6. The summed E-state index contributed by atoms with van der Waals surface area (Å²) in [5.74, 6) is -1.42. The molecule has 2 fully saturated rings. The van der Waals surface area contributed by atoms with Crippen LogP contribution in [0.3, 0.4) is 0 Å². The molecule has 2 amide bonds. The molecule has 2 aliphatic rings. The summed E-state index contributed by atoms with van der Waals surface area (Å²) in [5, 5.41) is 6.06. The molecule has 0 bridgehead atoms. The Morgan fingerprint density at radius 2 is 1.48 bits per heavy atom. The van der Waals surface area contributed by atoms with Crippen LogP contribution in [0.4, 0.5) is 0 Å². The molecule has 0 spiro atoms. The lowest BCUT2D eigenvalue weighted by Gasteiger charge is -2.44. The van der Waals surface area contributed by atoms with Crippen molar-refractivity contribution in [2.75, 3.05) is 13.2 Å². The van der Waals surface area contributed by atoms with Gasteiger partial charge < -0.3 is 24.8 Å². The van der Waals surface area contributed by atoms with Crippen LogP contribution in [0.2, 0.25) is 0 Å². The summed E-state index contributed by atoms with van der Waals surface area (Å²) in [6, 6.07) is -0.180. The van der Waals surface area contributed by atoms with Crippen molar-refractivity contribution < 1.29 is 28.6 Å². The summed E-state index contributed by atoms with van der Waals surface area (Å²) in [6.07, 6.45) is 23.1. The first-order valence-electron chi connectivity index (χ1n) is 18.5. The van der Waals surface area contributed by atoms with Gasteiger partial charge in [-0.05, 0) is 65.2 Å². The second kappa shape index (κ2) is 20.4. The molecule has 3 atom stereocenters. The van der Waals surface area contributed by atoms with Gasteiger partial charge in [-0.3, -0.25) is 14.4 Å². The number of hydrogen-bond acceptors (Lipinski definition) is 6. The third-order valence-electron chi connectivity index (χ3n) is 9.50. The average Bonchev–Trinajstić information content (AvgIpc) is 2.99. The molecule has 2 N–H and O–H groups in total. The van der Waals surface area contributed by atoms with Crippen LogP contribution >= 0.6 is 0 Å². The maximum atomic E-state index is 13.3. The van der Waals surface area contributed by atoms with Gasteiger partial charge in [-0.1, -0.05) is 105 Å². The fourth-order valence-electron chi connectivity index (χ4n) is 6.27. The molecule has 0 aromatic rings. The molecule has 8 nitrogen and oxygen atoms in total. The molecule has 1 unspecified atom stereocenters. The van der Waals surface area contributed by atoms with E-state index in [0.717, 1.165) is 51.4 Å². The lowest BCUT2D eigenvalue weighted by Crippen LogP contribution is -2.56. The highest BCUT2D eigenvalue weighted by molar-refractivity contribution is 5.83. The van der Waals surface area contributed by atoms with E-state index < -0.39 is 22.7 Å². The summed E-state index contributed by atoms with van der Waals surface area (Å²) < 4.78 is 17.4. The Balaban J connectivity index is 1.65. The van der Waals surface area contributed by atoms with Gasteiger partial charge in [-0.15, -0.1) is 0 Å². The number of nitrogens with one attached hydrogen (secondary N) is 2. The van der Waals surface area contributed by atoms with Crippen LogP contribution in [-0.4, -0.2) is 55.0 Å². The van der Waals surface area contributed by atoms with E-state index in [1.807, 2.05) is 27.7 Å². The maximum absolute atomic E-state index is 13.3. The van der Waals surface area contributed by atoms with Gasteiger partial charge in [-0.2, -0.15) is 0 Å². The third-order valence-corrected chi connectivity index (χ3v) is 9.50. The maximum Gasteiger partial charge on any atom is 0.307 e. The first kappa shape index (κ1) is 40.2. The number of carbonyl (C=O) groups is 3. The average molecular weight is 649 g/mol. The number of unbranched alkanes of at least 4 members (excludes halogenated alkanes) is 10. The van der Waals surface area contributed by atoms with E-state index in [2.05, 4.69) is 29.7 Å². The van der Waals surface area contributed by atoms with Gasteiger partial charge in [0, 0.05) is 17.4 Å². The zero-order valence-electron chi connectivity index (χ0n) is 30.5. The van der Waals surface area contributed by atoms with E-state index in [4.69, 9.17) is 14.2 Å². The summed E-state index contributed by atoms with van der Waals surface area (Å²) in [6.45, 7) is 14.3. The molecule has 1 aliphatic heterocycles. The normalized spacial score (nSPS) is 22.8. The number of hydrogen-bond donors (Lipinski definition) is 2. The van der Waals surface area contributed by atoms with Gasteiger partial charge in [0.25, 0.3) is 0 Å². The van der Waals surface area contributed by atoms with Crippen molar-refractivity contribution in [2.45, 2.75) is 188 Å². The smallest absolute Gasteiger partial charge is 0.307 e. The highest BCUT2D eigenvalue weighted by Gasteiger charge is 2.45. The number of amides is 2. The minimum absolute atomic E-state index is 0.0346. The fourth-order valence-corrected chi connectivity index (χ4v) is 6.27. The first-order chi connectivity index (χ1) is 21.8. The van der Waals surface area contributed by atoms with Gasteiger partial charge in [-0.25, -0.2) is 0 Å². The van der Waals surface area contributed by atoms with Gasteiger partial charge in [0.2, 0.25) is 11.8 Å². The number of allylic oxidation sites excluding steroid dienone is 2. The van der Waals surface area contributed by atoms with Crippen molar-refractivity contribution in [3.63, 3.8) is 0 Å². The molecule has 0 radical (unpaired) electrons. The lowest BCUT2D eigenvalue weighted by atomic mass is 9.84. The summed E-state index contributed by atoms with van der Waals surface area (Å²) in [7, 11) is 0. The number of ether oxygens (including phenoxy) is 3. The van der Waals surface area contributed by atoms with Crippen LogP contribution in [0.1, 0.15) is 164 Å². The van der Waals surface area contributed by atoms with Crippen molar-refractivity contribution in [3.05, 3.63) is 12.2 Å². The number of rotatable bonds is 21. The summed E-state index contributed by atoms with van der Waals surface area (Å²) in [4.78, 5) is 38.9. The minimum Gasteiger partial charge on any atom is -0.460 e. The van der Waals surface area contributed by atoms with Crippen LogP contribution in [0, 0.1) is 10.8 Å². The van der Waals surface area contributed by atoms with Gasteiger partial charge >= 0.3 is 5.97 Å². The van der Waals surface area contributed by atoms with Crippen molar-refractivity contribution in [2.24, 2.45) is 10.8 Å². The molecule has 1 aliphatic carbocycles. The Kier molecular flexibility index (Phi) is 17.9. The molecule has 46 heavy (non-hydrogen) atoms. The predicted octanol–water partition coefficient (Wildman–Crippen LogP) is 8.31. The van der Waals surface area contributed by atoms with Crippen molar-refractivity contribution in [3.8, 4) is 0 Å². The Hall–Kier alpha value is -1.93. The molecule has 0 aromatic carbocycles. The molecule has 2 rings (SSSR count). The second-order valence-electron chi connectivity index (χ2n) is 15.5. The lowest BCUT2D eigenvalue weighted by molar-refractivity contribution is -0.304. The van der Waals surface area contributed by atoms with Crippen LogP contribution in [0.25, 0.3) is 0 Å². The molecule has 1 saturated heterocycles. The van der Waals surface area contributed by atoms with Crippen molar-refractivity contribution in [1.82, 2.24) is 10.6 Å². The van der Waals surface area contributed by atoms with E-state index in [1.165, 1.54) is 57.8 Å². The fraction of sp³-hybridized carbons (Fsp3) is 0.868. The SMILES string of the molecule is CCCCCCCC/C=C\CCCCCCC(C)(C)C(=O)N[C@H]1CCCC[C@@H]1OC(=O)CCNC(=O)C1OC(C)(C)OCC1(C)C. The zero-order valence-corrected chi connectivity index (χ0v) is 30.5. The Morgan fingerprint density at radius 3 is 2.15 bits per heavy atom. The monoisotopic (exact) mass is 649 g/mol. The predicted molar refractivity (Wildman–Crippen MR) is 185 cm³/mol. The Morgan fingerprint density at radius 1 is 0.870 bits per heavy atom. The molecule has 1 saturated carbocycles. The molecule has 1 heterocycles. The van der Waals surface area contributed by atoms with Gasteiger partial charge in [0.1, 0.15) is 12.2 Å². The first-order valence-corrected chi connectivity index (χ1v) is 18.5. The van der Waals surface area contributed by atoms with Gasteiger partial charge in [0.05, 0.1) is 19.1 Å². The van der Waals surface area contributed by atoms with Crippen LogP contribution in [-0.2, 0) is 28.6 Å². The zero-order chi connectivity index (χ0) is 34.1. The van der Waals surface area contributed by atoms with Crippen LogP contribution in [0.5, 0.6) is 0 Å². The highest BCUT2D eigenvalue weighted by Crippen LogP contribution is 2.35. The van der Waals surface area contributed by atoms with E-state index in [0.29, 0.717) is 6.61 Å². The molecule has 266 valence electrons. The van der Waals surface area contributed by atoms with Crippen molar-refractivity contribution >= 4 is 17.8 Å². The van der Waals surface area contributed by atoms with E-state index in [9.17, 15) is 14.4 Å². The molecule has 8 heteroatoms. The van der Waals surface area contributed by atoms with Crippen molar-refractivity contribution in [1.29, 1.82) is 0 Å². The second-order valence-corrected chi connectivity index (χ2v) is 15.5. The number of esters is 1. The topological polar surface area (TPSA) is 103 Å². The minimum atomic E-state index is -0.838. The number of carbonyl (C=O) groups excluding carboxylic acids is 3. The van der Waals surface area contributed by atoms with Gasteiger partial charge in [0.15, 0.2) is 5.79 Å². The Bertz CT molecular complexity index is 943. The Labute approximate surface area is 280 Å².